The first-order chi connectivity index (χ1) is 7.33. The second-order valence-corrected chi connectivity index (χ2v) is 4.85. The molecule has 0 aliphatic heterocycles. The van der Waals surface area contributed by atoms with Crippen LogP contribution in [-0.4, -0.2) is 24.3 Å². The average Bonchev–Trinajstić information content (AvgIpc) is 2.15. The van der Waals surface area contributed by atoms with Gasteiger partial charge in [0, 0.05) is 19.3 Å². The average molecular weight is 239 g/mol. The van der Waals surface area contributed by atoms with Crippen LogP contribution in [0.3, 0.4) is 0 Å². The smallest absolute Gasteiger partial charge is 0.101 e. The van der Waals surface area contributed by atoms with Gasteiger partial charge in [-0.3, -0.25) is 0 Å². The minimum Gasteiger partial charge on any atom is -0.389 e. The highest BCUT2D eigenvalue weighted by atomic mass is 35.5. The number of halogens is 1. The van der Waals surface area contributed by atoms with E-state index in [4.69, 9.17) is 16.9 Å². The molecule has 0 aliphatic carbocycles. The minimum absolute atomic E-state index is 0.433. The zero-order valence-corrected chi connectivity index (χ0v) is 10.4. The van der Waals surface area contributed by atoms with Crippen LogP contribution >= 0.6 is 11.6 Å². The second kappa shape index (κ2) is 4.73. The Balaban J connectivity index is 2.90. The topological polar surface area (TPSA) is 47.3 Å². The molecule has 3 nitrogen and oxygen atoms in total. The van der Waals surface area contributed by atoms with Gasteiger partial charge in [-0.15, -0.1) is 0 Å². The third kappa shape index (κ3) is 3.41. The van der Waals surface area contributed by atoms with Gasteiger partial charge in [0.15, 0.2) is 0 Å². The monoisotopic (exact) mass is 238 g/mol. The summed E-state index contributed by atoms with van der Waals surface area (Å²) in [4.78, 5) is 1.90. The lowest BCUT2D eigenvalue weighted by atomic mass is 10.1. The van der Waals surface area contributed by atoms with Crippen LogP contribution in [0.4, 0.5) is 5.69 Å². The summed E-state index contributed by atoms with van der Waals surface area (Å²) in [5, 5.41) is 18.9. The molecule has 0 aliphatic rings. The Bertz CT molecular complexity index is 418. The Kier molecular flexibility index (Phi) is 3.79. The van der Waals surface area contributed by atoms with Gasteiger partial charge >= 0.3 is 0 Å². The first-order valence-electron chi connectivity index (χ1n) is 4.96. The molecule has 1 aromatic rings. The number of rotatable bonds is 3. The third-order valence-electron chi connectivity index (χ3n) is 2.14. The number of hydrogen-bond donors (Lipinski definition) is 1. The molecule has 0 saturated carbocycles. The number of aliphatic hydroxyl groups is 1. The van der Waals surface area contributed by atoms with Gasteiger partial charge in [0.05, 0.1) is 16.2 Å². The maximum atomic E-state index is 9.69. The van der Waals surface area contributed by atoms with Crippen LogP contribution in [0.15, 0.2) is 18.2 Å². The van der Waals surface area contributed by atoms with Crippen molar-refractivity contribution in [1.29, 1.82) is 5.26 Å². The summed E-state index contributed by atoms with van der Waals surface area (Å²) < 4.78 is 0. The fraction of sp³-hybridized carbons (Fsp3) is 0.417. The number of likely N-dealkylation sites (N-methyl/N-ethyl adjacent to an activating group) is 1. The Labute approximate surface area is 101 Å². The molecule has 0 radical (unpaired) electrons. The Morgan fingerprint density at radius 1 is 1.50 bits per heavy atom. The van der Waals surface area contributed by atoms with E-state index >= 15 is 0 Å². The molecule has 0 fully saturated rings. The summed E-state index contributed by atoms with van der Waals surface area (Å²) in [6.45, 7) is 3.98. The molecular formula is C12H15ClN2O. The summed E-state index contributed by atoms with van der Waals surface area (Å²) in [5.74, 6) is 0. The Hall–Kier alpha value is -1.24. The molecule has 4 heteroatoms. The fourth-order valence-corrected chi connectivity index (χ4v) is 1.72. The predicted molar refractivity (Wildman–Crippen MR) is 65.7 cm³/mol. The molecule has 1 rings (SSSR count). The lowest BCUT2D eigenvalue weighted by molar-refractivity contribution is 0.0886. The molecule has 1 N–H and O–H groups in total. The first-order valence-corrected chi connectivity index (χ1v) is 5.34. The van der Waals surface area contributed by atoms with E-state index in [2.05, 4.69) is 0 Å². The van der Waals surface area contributed by atoms with Gasteiger partial charge in [-0.2, -0.15) is 5.26 Å². The molecule has 0 spiro atoms. The molecule has 0 saturated heterocycles. The van der Waals surface area contributed by atoms with E-state index in [0.29, 0.717) is 17.1 Å². The van der Waals surface area contributed by atoms with Gasteiger partial charge < -0.3 is 10.0 Å². The van der Waals surface area contributed by atoms with E-state index in [9.17, 15) is 5.11 Å². The minimum atomic E-state index is -0.769. The highest BCUT2D eigenvalue weighted by Crippen LogP contribution is 2.23. The second-order valence-electron chi connectivity index (χ2n) is 4.44. The van der Waals surface area contributed by atoms with Crippen molar-refractivity contribution < 1.29 is 5.11 Å². The Morgan fingerprint density at radius 3 is 2.56 bits per heavy atom. The highest BCUT2D eigenvalue weighted by Gasteiger charge is 2.16. The largest absolute Gasteiger partial charge is 0.389 e. The molecule has 0 aromatic heterocycles. The van der Waals surface area contributed by atoms with Crippen LogP contribution in [-0.2, 0) is 0 Å². The lowest BCUT2D eigenvalue weighted by Crippen LogP contribution is -2.36. The normalized spacial score (nSPS) is 11.0. The molecule has 0 bridgehead atoms. The maximum Gasteiger partial charge on any atom is 0.101 e. The van der Waals surface area contributed by atoms with Crippen LogP contribution in [0.2, 0.25) is 5.02 Å². The van der Waals surface area contributed by atoms with Crippen LogP contribution in [0, 0.1) is 11.3 Å². The molecule has 0 atom stereocenters. The van der Waals surface area contributed by atoms with Crippen molar-refractivity contribution in [2.24, 2.45) is 0 Å². The van der Waals surface area contributed by atoms with E-state index in [1.165, 1.54) is 0 Å². The molecule has 86 valence electrons. The van der Waals surface area contributed by atoms with Gasteiger partial charge in [-0.25, -0.2) is 0 Å². The van der Waals surface area contributed by atoms with E-state index in [0.717, 1.165) is 5.69 Å². The molecule has 1 aromatic carbocycles. The molecule has 0 amide bonds. The number of hydrogen-bond acceptors (Lipinski definition) is 3. The van der Waals surface area contributed by atoms with E-state index < -0.39 is 5.60 Å². The maximum absolute atomic E-state index is 9.69. The summed E-state index contributed by atoms with van der Waals surface area (Å²) in [6.07, 6.45) is 0. The quantitative estimate of drug-likeness (QED) is 0.880. The van der Waals surface area contributed by atoms with Gasteiger partial charge in [0.1, 0.15) is 6.07 Å². The zero-order valence-electron chi connectivity index (χ0n) is 9.66. The van der Waals surface area contributed by atoms with Crippen molar-refractivity contribution >= 4 is 17.3 Å². The van der Waals surface area contributed by atoms with Crippen LogP contribution in [0.1, 0.15) is 19.4 Å². The number of nitriles is 1. The fourth-order valence-electron chi connectivity index (χ4n) is 1.50. The molecular weight excluding hydrogens is 224 g/mol. The zero-order chi connectivity index (χ0) is 12.3. The molecule has 0 unspecified atom stereocenters. The standard InChI is InChI=1S/C12H15ClN2O/c1-12(2,16)8-15(3)10-5-4-9(7-14)11(13)6-10/h4-6,16H,8H2,1-3H3. The summed E-state index contributed by atoms with van der Waals surface area (Å²) in [5.41, 5.74) is 0.572. The number of nitrogens with zero attached hydrogens (tertiary/aromatic N) is 2. The predicted octanol–water partition coefficient (Wildman–Crippen LogP) is 2.42. The first kappa shape index (κ1) is 12.8. The van der Waals surface area contributed by atoms with E-state index in [1.807, 2.05) is 24.1 Å². The SMILES string of the molecule is CN(CC(C)(C)O)c1ccc(C#N)c(Cl)c1. The summed E-state index contributed by atoms with van der Waals surface area (Å²) in [7, 11) is 1.87. The number of benzene rings is 1. The van der Waals surface area contributed by atoms with Crippen molar-refractivity contribution in [3.05, 3.63) is 28.8 Å². The van der Waals surface area contributed by atoms with Crippen molar-refractivity contribution in [3.8, 4) is 6.07 Å². The van der Waals surface area contributed by atoms with Crippen LogP contribution in [0.25, 0.3) is 0 Å². The third-order valence-corrected chi connectivity index (χ3v) is 2.45. The van der Waals surface area contributed by atoms with Crippen LogP contribution in [0.5, 0.6) is 0 Å². The van der Waals surface area contributed by atoms with Crippen molar-refractivity contribution in [1.82, 2.24) is 0 Å². The van der Waals surface area contributed by atoms with Crippen molar-refractivity contribution in [2.45, 2.75) is 19.4 Å². The van der Waals surface area contributed by atoms with Crippen molar-refractivity contribution in [2.75, 3.05) is 18.5 Å². The van der Waals surface area contributed by atoms with Crippen molar-refractivity contribution in [3.63, 3.8) is 0 Å². The lowest BCUT2D eigenvalue weighted by Gasteiger charge is -2.27. The van der Waals surface area contributed by atoms with E-state index in [1.54, 1.807) is 26.0 Å². The molecule has 0 heterocycles. The van der Waals surface area contributed by atoms with Gasteiger partial charge in [0.25, 0.3) is 0 Å². The number of anilines is 1. The van der Waals surface area contributed by atoms with Gasteiger partial charge in [0.2, 0.25) is 0 Å². The summed E-state index contributed by atoms with van der Waals surface area (Å²) >= 11 is 5.93. The van der Waals surface area contributed by atoms with Gasteiger partial charge in [-0.05, 0) is 32.0 Å². The Morgan fingerprint density at radius 2 is 2.12 bits per heavy atom. The van der Waals surface area contributed by atoms with Crippen LogP contribution < -0.4 is 4.90 Å². The highest BCUT2D eigenvalue weighted by molar-refractivity contribution is 6.32. The molecule has 16 heavy (non-hydrogen) atoms. The van der Waals surface area contributed by atoms with E-state index in [-0.39, 0.29) is 0 Å². The summed E-state index contributed by atoms with van der Waals surface area (Å²) in [6, 6.07) is 7.23. The van der Waals surface area contributed by atoms with Gasteiger partial charge in [-0.1, -0.05) is 11.6 Å².